The Hall–Kier alpha value is -2.65. The molecular weight excluding hydrogens is 322 g/mol. The van der Waals surface area contributed by atoms with Crippen LogP contribution in [0.1, 0.15) is 30.6 Å². The second kappa shape index (κ2) is 8.63. The summed E-state index contributed by atoms with van der Waals surface area (Å²) in [5, 5.41) is 0. The molecule has 0 fully saturated rings. The normalized spacial score (nSPS) is 11.0. The van der Waals surface area contributed by atoms with Crippen LogP contribution in [0.15, 0.2) is 71.1 Å². The number of benzene rings is 2. The minimum Gasteiger partial charge on any atom is -0.455 e. The van der Waals surface area contributed by atoms with Gasteiger partial charge >= 0.3 is 0 Å². The summed E-state index contributed by atoms with van der Waals surface area (Å²) in [6.45, 7) is 6.92. The highest BCUT2D eigenvalue weighted by atomic mass is 16.3. The molecule has 0 unspecified atom stereocenters. The van der Waals surface area contributed by atoms with E-state index in [2.05, 4.69) is 18.7 Å². The van der Waals surface area contributed by atoms with Gasteiger partial charge in [0.05, 0.1) is 5.56 Å². The molecule has 0 aliphatic heterocycles. The largest absolute Gasteiger partial charge is 0.455 e. The fourth-order valence-electron chi connectivity index (χ4n) is 3.08. The van der Waals surface area contributed by atoms with Gasteiger partial charge < -0.3 is 9.32 Å². The topological polar surface area (TPSA) is 33.5 Å². The van der Waals surface area contributed by atoms with Crippen molar-refractivity contribution in [3.05, 3.63) is 72.3 Å². The van der Waals surface area contributed by atoms with E-state index in [0.717, 1.165) is 36.5 Å². The highest BCUT2D eigenvalue weighted by Gasteiger charge is 2.20. The van der Waals surface area contributed by atoms with Gasteiger partial charge in [0.1, 0.15) is 11.5 Å². The van der Waals surface area contributed by atoms with E-state index in [4.69, 9.17) is 4.42 Å². The first-order chi connectivity index (χ1) is 12.7. The highest BCUT2D eigenvalue weighted by molar-refractivity contribution is 6.02. The van der Waals surface area contributed by atoms with Crippen LogP contribution < -0.4 is 0 Å². The molecule has 0 bridgehead atoms. The zero-order valence-electron chi connectivity index (χ0n) is 15.4. The molecule has 0 N–H and O–H groups in total. The number of Topliss-reactive ketones (excluding diaryl/α,β-unsaturated/α-hetero) is 1. The molecule has 3 aromatic rings. The predicted octanol–water partition coefficient (Wildman–Crippen LogP) is 5.53. The van der Waals surface area contributed by atoms with Crippen LogP contribution in [0.2, 0.25) is 0 Å². The third kappa shape index (κ3) is 4.12. The number of carbonyl (C=O) groups excluding carboxylic acids is 1. The van der Waals surface area contributed by atoms with Crippen molar-refractivity contribution in [1.29, 1.82) is 0 Å². The van der Waals surface area contributed by atoms with Crippen LogP contribution in [0.3, 0.4) is 0 Å². The second-order valence-corrected chi connectivity index (χ2v) is 6.29. The van der Waals surface area contributed by atoms with E-state index in [-0.39, 0.29) is 5.78 Å². The molecule has 0 aliphatic carbocycles. The molecular formula is C23H25NO2. The summed E-state index contributed by atoms with van der Waals surface area (Å²) in [7, 11) is 0. The first-order valence-electron chi connectivity index (χ1n) is 9.23. The maximum absolute atomic E-state index is 12.9. The van der Waals surface area contributed by atoms with Crippen molar-refractivity contribution in [2.75, 3.05) is 19.6 Å². The van der Waals surface area contributed by atoms with Gasteiger partial charge in [-0.15, -0.1) is 0 Å². The van der Waals surface area contributed by atoms with Gasteiger partial charge in [-0.2, -0.15) is 0 Å². The molecule has 0 atom stereocenters. The Balaban J connectivity index is 1.94. The molecule has 0 spiro atoms. The number of furan rings is 1. The van der Waals surface area contributed by atoms with Crippen LogP contribution in [0.4, 0.5) is 0 Å². The summed E-state index contributed by atoms with van der Waals surface area (Å²) in [5.74, 6) is 1.52. The van der Waals surface area contributed by atoms with Gasteiger partial charge in [0.15, 0.2) is 5.78 Å². The first kappa shape index (κ1) is 18.2. The average molecular weight is 347 g/mol. The fourth-order valence-corrected chi connectivity index (χ4v) is 3.08. The number of ketones is 1. The smallest absolute Gasteiger partial charge is 0.168 e. The van der Waals surface area contributed by atoms with Crippen LogP contribution in [0.25, 0.3) is 22.6 Å². The lowest BCUT2D eigenvalue weighted by atomic mass is 10.0. The van der Waals surface area contributed by atoms with E-state index < -0.39 is 0 Å². The van der Waals surface area contributed by atoms with Crippen LogP contribution in [0, 0.1) is 0 Å². The molecule has 1 heterocycles. The zero-order valence-corrected chi connectivity index (χ0v) is 15.4. The zero-order chi connectivity index (χ0) is 18.4. The van der Waals surface area contributed by atoms with Gasteiger partial charge in [-0.25, -0.2) is 0 Å². The number of nitrogens with zero attached hydrogens (tertiary/aromatic N) is 1. The monoisotopic (exact) mass is 347 g/mol. The van der Waals surface area contributed by atoms with Gasteiger partial charge in [-0.05, 0) is 19.2 Å². The molecule has 3 heteroatoms. The third-order valence-electron chi connectivity index (χ3n) is 4.68. The van der Waals surface area contributed by atoms with Gasteiger partial charge in [-0.1, -0.05) is 74.5 Å². The lowest BCUT2D eigenvalue weighted by molar-refractivity contribution is 0.0966. The maximum Gasteiger partial charge on any atom is 0.168 e. The van der Waals surface area contributed by atoms with E-state index >= 15 is 0 Å². The van der Waals surface area contributed by atoms with E-state index in [1.165, 1.54) is 0 Å². The number of rotatable bonds is 8. The van der Waals surface area contributed by atoms with Crippen molar-refractivity contribution in [2.45, 2.75) is 20.3 Å². The van der Waals surface area contributed by atoms with Crippen LogP contribution in [-0.4, -0.2) is 30.3 Å². The number of hydrogen-bond acceptors (Lipinski definition) is 3. The van der Waals surface area contributed by atoms with Crippen LogP contribution in [0.5, 0.6) is 0 Å². The molecule has 0 saturated carbocycles. The number of hydrogen-bond donors (Lipinski definition) is 0. The molecule has 3 rings (SSSR count). The Morgan fingerprint density at radius 1 is 0.885 bits per heavy atom. The molecule has 0 radical (unpaired) electrons. The summed E-state index contributed by atoms with van der Waals surface area (Å²) in [6.07, 6.45) is 0.495. The number of carbonyl (C=O) groups is 1. The minimum atomic E-state index is 0.127. The second-order valence-electron chi connectivity index (χ2n) is 6.29. The fraction of sp³-hybridized carbons (Fsp3) is 0.261. The SMILES string of the molecule is CCN(CC)CCC(=O)c1cc(-c2ccccc2)oc1-c1ccccc1. The van der Waals surface area contributed by atoms with Crippen LogP contribution >= 0.6 is 0 Å². The molecule has 134 valence electrons. The van der Waals surface area contributed by atoms with Crippen molar-refractivity contribution in [3.63, 3.8) is 0 Å². The molecule has 2 aromatic carbocycles. The average Bonchev–Trinajstić information content (AvgIpc) is 3.15. The van der Waals surface area contributed by atoms with E-state index in [0.29, 0.717) is 17.7 Å². The molecule has 0 aliphatic rings. The minimum absolute atomic E-state index is 0.127. The maximum atomic E-state index is 12.9. The van der Waals surface area contributed by atoms with Crippen molar-refractivity contribution >= 4 is 5.78 Å². The summed E-state index contributed by atoms with van der Waals surface area (Å²) in [4.78, 5) is 15.2. The third-order valence-corrected chi connectivity index (χ3v) is 4.68. The van der Waals surface area contributed by atoms with Gasteiger partial charge in [-0.3, -0.25) is 4.79 Å². The first-order valence-corrected chi connectivity index (χ1v) is 9.23. The Bertz CT molecular complexity index is 833. The Morgan fingerprint density at radius 3 is 2.04 bits per heavy atom. The lowest BCUT2D eigenvalue weighted by Gasteiger charge is -2.16. The van der Waals surface area contributed by atoms with E-state index in [1.54, 1.807) is 0 Å². The van der Waals surface area contributed by atoms with Gasteiger partial charge in [0, 0.05) is 24.1 Å². The molecule has 1 aromatic heterocycles. The quantitative estimate of drug-likeness (QED) is 0.502. The molecule has 3 nitrogen and oxygen atoms in total. The summed E-state index contributed by atoms with van der Waals surface area (Å²) >= 11 is 0. The molecule has 0 amide bonds. The summed E-state index contributed by atoms with van der Waals surface area (Å²) in [5.41, 5.74) is 2.58. The van der Waals surface area contributed by atoms with Gasteiger partial charge in [0.2, 0.25) is 0 Å². The molecule has 26 heavy (non-hydrogen) atoms. The van der Waals surface area contributed by atoms with E-state index in [1.807, 2.05) is 66.7 Å². The van der Waals surface area contributed by atoms with Gasteiger partial charge in [0.25, 0.3) is 0 Å². The van der Waals surface area contributed by atoms with Crippen molar-refractivity contribution in [3.8, 4) is 22.6 Å². The lowest BCUT2D eigenvalue weighted by Crippen LogP contribution is -2.25. The predicted molar refractivity (Wildman–Crippen MR) is 106 cm³/mol. The Labute approximate surface area is 155 Å². The van der Waals surface area contributed by atoms with E-state index in [9.17, 15) is 4.79 Å². The van der Waals surface area contributed by atoms with Crippen LogP contribution in [-0.2, 0) is 0 Å². The van der Waals surface area contributed by atoms with Crippen molar-refractivity contribution in [2.24, 2.45) is 0 Å². The summed E-state index contributed by atoms with van der Waals surface area (Å²) in [6, 6.07) is 21.7. The highest BCUT2D eigenvalue weighted by Crippen LogP contribution is 2.33. The Morgan fingerprint density at radius 2 is 1.46 bits per heavy atom. The van der Waals surface area contributed by atoms with Crippen molar-refractivity contribution < 1.29 is 9.21 Å². The Kier molecular flexibility index (Phi) is 6.03. The molecule has 0 saturated heterocycles. The van der Waals surface area contributed by atoms with Crippen molar-refractivity contribution in [1.82, 2.24) is 4.90 Å². The summed E-state index contributed by atoms with van der Waals surface area (Å²) < 4.78 is 6.13. The standard InChI is InChI=1S/C23H25NO2/c1-3-24(4-2)16-15-21(25)20-17-22(18-11-7-5-8-12-18)26-23(20)19-13-9-6-10-14-19/h5-14,17H,3-4,15-16H2,1-2H3.